The van der Waals surface area contributed by atoms with Crippen molar-refractivity contribution in [1.29, 1.82) is 0 Å². The summed E-state index contributed by atoms with van der Waals surface area (Å²) in [5.41, 5.74) is 0. The van der Waals surface area contributed by atoms with Gasteiger partial charge in [-0.25, -0.2) is 0 Å². The Hall–Kier alpha value is 0.415. The van der Waals surface area contributed by atoms with Crippen molar-refractivity contribution in [2.75, 3.05) is 12.5 Å². The van der Waals surface area contributed by atoms with Crippen molar-refractivity contribution >= 4 is 17.3 Å². The van der Waals surface area contributed by atoms with Crippen LogP contribution < -0.4 is 0 Å². The first kappa shape index (κ1) is 5.41. The predicted molar refractivity (Wildman–Crippen MR) is 30.8 cm³/mol. The van der Waals surface area contributed by atoms with Crippen molar-refractivity contribution in [2.24, 2.45) is 0 Å². The number of hydrogen-bond donors (Lipinski definition) is 0. The van der Waals surface area contributed by atoms with E-state index in [0.29, 0.717) is 10.7 Å². The molecule has 0 fully saturated rings. The molecule has 0 spiro atoms. The van der Waals surface area contributed by atoms with Crippen LogP contribution in [0.25, 0.3) is 0 Å². The van der Waals surface area contributed by atoms with Gasteiger partial charge in [-0.05, 0) is 0 Å². The van der Waals surface area contributed by atoms with E-state index in [1.165, 1.54) is 0 Å². The Balaban J connectivity index is 2.54. The van der Waals surface area contributed by atoms with Gasteiger partial charge in [0.2, 0.25) is 0 Å². The summed E-state index contributed by atoms with van der Waals surface area (Å²) in [6, 6.07) is 0. The molecular formula is C3H9BS. The Kier molecular flexibility index (Phi) is 2.86. The first-order valence-electron chi connectivity index (χ1n) is 1.63. The van der Waals surface area contributed by atoms with Gasteiger partial charge in [0.05, 0.1) is 0 Å². The van der Waals surface area contributed by atoms with E-state index in [-0.39, 0.29) is 0 Å². The van der Waals surface area contributed by atoms with Crippen molar-refractivity contribution in [3.63, 3.8) is 0 Å². The summed E-state index contributed by atoms with van der Waals surface area (Å²) in [6.07, 6.45) is 4.39. The fourth-order valence-corrected chi connectivity index (χ4v) is 0. The van der Waals surface area contributed by atoms with Gasteiger partial charge >= 0.3 is 36.6 Å². The van der Waals surface area contributed by atoms with Crippen LogP contribution in [-0.2, 0) is 10.7 Å². The topological polar surface area (TPSA) is 0 Å². The summed E-state index contributed by atoms with van der Waals surface area (Å²) < 4.78 is 0. The Labute approximate surface area is 37.4 Å². The molecule has 0 aromatic carbocycles. The second kappa shape index (κ2) is 2.64. The summed E-state index contributed by atoms with van der Waals surface area (Å²) in [4.78, 5) is 0. The van der Waals surface area contributed by atoms with Crippen LogP contribution in [0.15, 0.2) is 0 Å². The van der Waals surface area contributed by atoms with Crippen LogP contribution in [0.1, 0.15) is 0 Å². The molecule has 0 N–H and O–H groups in total. The third kappa shape index (κ3) is 4.41. The van der Waals surface area contributed by atoms with Crippen molar-refractivity contribution < 1.29 is 0 Å². The van der Waals surface area contributed by atoms with E-state index >= 15 is 0 Å². The van der Waals surface area contributed by atoms with Gasteiger partial charge in [-0.1, -0.05) is 0 Å². The van der Waals surface area contributed by atoms with E-state index in [1.807, 2.05) is 0 Å². The molecule has 0 aromatic rings. The fraction of sp³-hybridized carbons (Fsp3) is 1.00. The van der Waals surface area contributed by atoms with Crippen LogP contribution in [0.5, 0.6) is 0 Å². The second-order valence-electron chi connectivity index (χ2n) is 1.12. The van der Waals surface area contributed by atoms with Crippen molar-refractivity contribution in [2.45, 2.75) is 6.82 Å². The minimum atomic E-state index is 0.552. The molecule has 0 bridgehead atoms. The SMILES string of the molecule is C[B+][S-](C)C. The Bertz CT molecular complexity index is 20.9. The van der Waals surface area contributed by atoms with Crippen molar-refractivity contribution in [1.82, 2.24) is 0 Å². The van der Waals surface area contributed by atoms with E-state index in [9.17, 15) is 0 Å². The Morgan fingerprint density at radius 3 is 1.60 bits per heavy atom. The molecule has 0 aliphatic rings. The van der Waals surface area contributed by atoms with Gasteiger partial charge in [-0.15, -0.1) is 0 Å². The first-order chi connectivity index (χ1) is 2.27. The molecule has 0 amide bonds. The maximum atomic E-state index is 2.19. The Morgan fingerprint density at radius 2 is 1.60 bits per heavy atom. The van der Waals surface area contributed by atoms with Gasteiger partial charge in [0.1, 0.15) is 0 Å². The minimum absolute atomic E-state index is 0.552. The van der Waals surface area contributed by atoms with Crippen LogP contribution in [0.4, 0.5) is 0 Å². The van der Waals surface area contributed by atoms with Gasteiger partial charge in [0.15, 0.2) is 0 Å². The first-order valence-corrected chi connectivity index (χ1v) is 3.73. The van der Waals surface area contributed by atoms with Gasteiger partial charge in [-0.2, -0.15) is 0 Å². The standard InChI is InChI=1S/C3H9BS/c1-4-5(2)3/h1-3H3. The summed E-state index contributed by atoms with van der Waals surface area (Å²) in [5, 5.41) is 0. The summed E-state index contributed by atoms with van der Waals surface area (Å²) in [5.74, 6) is 0. The molecule has 0 aromatic heterocycles. The molecule has 5 heavy (non-hydrogen) atoms. The third-order valence-corrected chi connectivity index (χ3v) is 1.41. The van der Waals surface area contributed by atoms with Gasteiger partial charge in [-0.3, -0.25) is 0 Å². The molecular weight excluding hydrogens is 78.9 g/mol. The second-order valence-corrected chi connectivity index (χ2v) is 3.35. The van der Waals surface area contributed by atoms with E-state index in [0.717, 1.165) is 0 Å². The molecule has 0 unspecified atom stereocenters. The van der Waals surface area contributed by atoms with Crippen LogP contribution in [0, 0.1) is 0 Å². The average molecular weight is 88.0 g/mol. The zero-order valence-electron chi connectivity index (χ0n) is 3.99. The monoisotopic (exact) mass is 88.1 g/mol. The average Bonchev–Trinajstić information content (AvgIpc) is 1.38. The number of hydrogen-bond acceptors (Lipinski definition) is 1. The van der Waals surface area contributed by atoms with Crippen LogP contribution in [-0.4, -0.2) is 19.1 Å². The molecule has 0 aliphatic carbocycles. The molecule has 2 heteroatoms. The summed E-state index contributed by atoms with van der Waals surface area (Å²) in [7, 11) is 0.552. The van der Waals surface area contributed by atoms with Gasteiger partial charge < -0.3 is 0 Å². The van der Waals surface area contributed by atoms with Gasteiger partial charge in [0, 0.05) is 0 Å². The predicted octanol–water partition coefficient (Wildman–Crippen LogP) is 0.532. The van der Waals surface area contributed by atoms with Crippen LogP contribution >= 0.6 is 0 Å². The quantitative estimate of drug-likeness (QED) is 0.324. The Morgan fingerprint density at radius 1 is 1.40 bits per heavy atom. The zero-order valence-corrected chi connectivity index (χ0v) is 4.80. The molecule has 0 aliphatic heterocycles. The summed E-state index contributed by atoms with van der Waals surface area (Å²) >= 11 is 0. The molecule has 0 radical (unpaired) electrons. The fourth-order valence-electron chi connectivity index (χ4n) is 0. The van der Waals surface area contributed by atoms with Crippen molar-refractivity contribution in [3.05, 3.63) is 0 Å². The molecule has 0 atom stereocenters. The molecule has 0 heterocycles. The molecule has 0 nitrogen and oxygen atoms in total. The molecule has 0 rings (SSSR count). The van der Waals surface area contributed by atoms with E-state index in [4.69, 9.17) is 0 Å². The number of rotatable bonds is 1. The van der Waals surface area contributed by atoms with E-state index < -0.39 is 0 Å². The van der Waals surface area contributed by atoms with Crippen molar-refractivity contribution in [3.8, 4) is 0 Å². The van der Waals surface area contributed by atoms with E-state index in [2.05, 4.69) is 25.9 Å². The third-order valence-electron chi connectivity index (χ3n) is 0.471. The van der Waals surface area contributed by atoms with Gasteiger partial charge in [0.25, 0.3) is 0 Å². The van der Waals surface area contributed by atoms with Crippen LogP contribution in [0.2, 0.25) is 6.82 Å². The normalized spacial score (nSPS) is 9.80. The molecule has 0 saturated carbocycles. The molecule has 0 saturated heterocycles. The van der Waals surface area contributed by atoms with E-state index in [1.54, 1.807) is 0 Å². The zero-order chi connectivity index (χ0) is 4.28. The van der Waals surface area contributed by atoms with Crippen LogP contribution in [0.3, 0.4) is 0 Å². The maximum absolute atomic E-state index is 2.19. The summed E-state index contributed by atoms with van der Waals surface area (Å²) in [6.45, 7) is 4.28. The molecule has 30 valence electrons.